The normalized spacial score (nSPS) is 11.6. The number of hydrogen-bond donors (Lipinski definition) is 1. The van der Waals surface area contributed by atoms with E-state index in [1.54, 1.807) is 6.08 Å². The first kappa shape index (κ1) is 8.91. The van der Waals surface area contributed by atoms with Crippen LogP contribution in [0.15, 0.2) is 36.6 Å². The van der Waals surface area contributed by atoms with Crippen LogP contribution in [-0.4, -0.2) is 4.89 Å². The minimum Gasteiger partial charge on any atom is -0.237 e. The lowest BCUT2D eigenvalue weighted by Gasteiger charge is -1.87. The minimum atomic E-state index is -2.53. The Morgan fingerprint density at radius 3 is 2.58 bits per heavy atom. The van der Waals surface area contributed by atoms with Gasteiger partial charge in [0.15, 0.2) is 6.26 Å². The molecule has 1 N–H and O–H groups in total. The zero-order chi connectivity index (χ0) is 8.81. The van der Waals surface area contributed by atoms with Crippen molar-refractivity contribution in [3.8, 4) is 0 Å². The highest BCUT2D eigenvalue weighted by molar-refractivity contribution is 7.32. The molecule has 1 unspecified atom stereocenters. The SMILES string of the molecule is O=[P+](O)OC=Cc1ccccc1. The molecular weight excluding hydrogens is 175 g/mol. The second-order valence-corrected chi connectivity index (χ2v) is 2.74. The summed E-state index contributed by atoms with van der Waals surface area (Å²) in [5.74, 6) is 0. The number of hydrogen-bond acceptors (Lipinski definition) is 2. The van der Waals surface area contributed by atoms with Crippen molar-refractivity contribution in [2.75, 3.05) is 0 Å². The molecule has 1 aromatic carbocycles. The standard InChI is InChI=1S/C8H7O3P/c9-12(10)11-7-6-8-4-2-1-3-5-8/h1-7H/p+1. The maximum absolute atomic E-state index is 10.1. The van der Waals surface area contributed by atoms with Gasteiger partial charge < -0.3 is 0 Å². The Bertz CT molecular complexity index is 282. The van der Waals surface area contributed by atoms with Crippen LogP contribution in [0, 0.1) is 0 Å². The van der Waals surface area contributed by atoms with Crippen molar-refractivity contribution in [2.24, 2.45) is 0 Å². The first-order valence-corrected chi connectivity index (χ1v) is 4.46. The summed E-state index contributed by atoms with van der Waals surface area (Å²) in [4.78, 5) is 8.27. The fourth-order valence-electron chi connectivity index (χ4n) is 0.725. The highest BCUT2D eigenvalue weighted by Gasteiger charge is 2.06. The first-order chi connectivity index (χ1) is 5.79. The molecule has 0 aromatic heterocycles. The van der Waals surface area contributed by atoms with Crippen molar-refractivity contribution in [1.29, 1.82) is 0 Å². The Kier molecular flexibility index (Phi) is 3.45. The van der Waals surface area contributed by atoms with Crippen LogP contribution in [0.2, 0.25) is 0 Å². The lowest BCUT2D eigenvalue weighted by atomic mass is 10.2. The van der Waals surface area contributed by atoms with E-state index >= 15 is 0 Å². The fourth-order valence-corrected chi connectivity index (χ4v) is 0.890. The van der Waals surface area contributed by atoms with Gasteiger partial charge in [0.25, 0.3) is 0 Å². The molecule has 1 atom stereocenters. The van der Waals surface area contributed by atoms with Crippen LogP contribution in [0.3, 0.4) is 0 Å². The van der Waals surface area contributed by atoms with Gasteiger partial charge in [-0.15, -0.1) is 4.89 Å². The Balaban J connectivity index is 2.52. The molecule has 0 saturated carbocycles. The zero-order valence-electron chi connectivity index (χ0n) is 6.25. The van der Waals surface area contributed by atoms with Gasteiger partial charge >= 0.3 is 8.25 Å². The summed E-state index contributed by atoms with van der Waals surface area (Å²) < 4.78 is 14.4. The molecule has 62 valence electrons. The lowest BCUT2D eigenvalue weighted by molar-refractivity contribution is 0.379. The van der Waals surface area contributed by atoms with Gasteiger partial charge in [0.2, 0.25) is 0 Å². The third-order valence-electron chi connectivity index (χ3n) is 1.21. The maximum atomic E-state index is 10.1. The highest BCUT2D eigenvalue weighted by Crippen LogP contribution is 2.15. The minimum absolute atomic E-state index is 0.925. The Labute approximate surface area is 71.3 Å². The van der Waals surface area contributed by atoms with Gasteiger partial charge in [-0.2, -0.15) is 0 Å². The van der Waals surface area contributed by atoms with Crippen LogP contribution < -0.4 is 0 Å². The van der Waals surface area contributed by atoms with Crippen LogP contribution in [0.4, 0.5) is 0 Å². The number of benzene rings is 1. The molecule has 0 spiro atoms. The van der Waals surface area contributed by atoms with Crippen molar-refractivity contribution in [3.63, 3.8) is 0 Å². The molecule has 0 aliphatic heterocycles. The monoisotopic (exact) mass is 183 g/mol. The molecule has 0 radical (unpaired) electrons. The van der Waals surface area contributed by atoms with E-state index in [-0.39, 0.29) is 0 Å². The van der Waals surface area contributed by atoms with Crippen LogP contribution in [-0.2, 0) is 9.09 Å². The molecule has 1 aromatic rings. The zero-order valence-corrected chi connectivity index (χ0v) is 7.15. The third-order valence-corrected chi connectivity index (χ3v) is 1.51. The predicted octanol–water partition coefficient (Wildman–Crippen LogP) is 2.32. The Hall–Kier alpha value is -1.18. The van der Waals surface area contributed by atoms with Gasteiger partial charge in [0.1, 0.15) is 0 Å². The van der Waals surface area contributed by atoms with Gasteiger partial charge in [-0.25, -0.2) is 4.52 Å². The van der Waals surface area contributed by atoms with Gasteiger partial charge in [-0.3, -0.25) is 0 Å². The van der Waals surface area contributed by atoms with E-state index in [0.717, 1.165) is 5.56 Å². The molecule has 0 aliphatic carbocycles. The van der Waals surface area contributed by atoms with Crippen LogP contribution in [0.5, 0.6) is 0 Å². The van der Waals surface area contributed by atoms with E-state index < -0.39 is 8.25 Å². The molecule has 0 heterocycles. The van der Waals surface area contributed by atoms with E-state index in [4.69, 9.17) is 4.89 Å². The molecule has 1 rings (SSSR count). The average Bonchev–Trinajstić information content (AvgIpc) is 2.05. The molecule has 0 amide bonds. The molecule has 12 heavy (non-hydrogen) atoms. The summed E-state index contributed by atoms with van der Waals surface area (Å²) in [6.07, 6.45) is 2.82. The van der Waals surface area contributed by atoms with Crippen LogP contribution in [0.1, 0.15) is 5.56 Å². The van der Waals surface area contributed by atoms with Gasteiger partial charge in [0.05, 0.1) is 0 Å². The molecule has 0 saturated heterocycles. The van der Waals surface area contributed by atoms with Gasteiger partial charge in [0, 0.05) is 4.57 Å². The van der Waals surface area contributed by atoms with Crippen LogP contribution >= 0.6 is 8.25 Å². The van der Waals surface area contributed by atoms with E-state index in [0.29, 0.717) is 0 Å². The largest absolute Gasteiger partial charge is 0.746 e. The fraction of sp³-hybridized carbons (Fsp3) is 0. The third kappa shape index (κ3) is 3.28. The summed E-state index contributed by atoms with van der Waals surface area (Å²) in [5.41, 5.74) is 0.925. The first-order valence-electron chi connectivity index (χ1n) is 3.33. The smallest absolute Gasteiger partial charge is 0.237 e. The summed E-state index contributed by atoms with van der Waals surface area (Å²) in [5, 5.41) is 0. The van der Waals surface area contributed by atoms with Crippen LogP contribution in [0.25, 0.3) is 6.08 Å². The lowest BCUT2D eigenvalue weighted by Crippen LogP contribution is -1.69. The molecule has 0 bridgehead atoms. The Morgan fingerprint density at radius 1 is 1.33 bits per heavy atom. The molecule has 3 nitrogen and oxygen atoms in total. The van der Waals surface area contributed by atoms with E-state index in [2.05, 4.69) is 4.52 Å². The molecule has 4 heteroatoms. The van der Waals surface area contributed by atoms with Crippen molar-refractivity contribution in [1.82, 2.24) is 0 Å². The summed E-state index contributed by atoms with van der Waals surface area (Å²) in [6, 6.07) is 9.37. The van der Waals surface area contributed by atoms with Crippen molar-refractivity contribution < 1.29 is 14.0 Å². The Morgan fingerprint density at radius 2 is 2.00 bits per heavy atom. The highest BCUT2D eigenvalue weighted by atomic mass is 31.1. The second kappa shape index (κ2) is 4.65. The van der Waals surface area contributed by atoms with Gasteiger partial charge in [-0.1, -0.05) is 30.3 Å². The van der Waals surface area contributed by atoms with E-state index in [9.17, 15) is 4.57 Å². The summed E-state index contributed by atoms with van der Waals surface area (Å²) in [7, 11) is -2.53. The summed E-state index contributed by atoms with van der Waals surface area (Å²) in [6.45, 7) is 0. The topological polar surface area (TPSA) is 46.5 Å². The van der Waals surface area contributed by atoms with Crippen molar-refractivity contribution >= 4 is 14.3 Å². The average molecular weight is 183 g/mol. The molecule has 0 aliphatic rings. The molecular formula is C8H8O3P+. The quantitative estimate of drug-likeness (QED) is 0.577. The van der Waals surface area contributed by atoms with Crippen molar-refractivity contribution in [2.45, 2.75) is 0 Å². The predicted molar refractivity (Wildman–Crippen MR) is 46.4 cm³/mol. The van der Waals surface area contributed by atoms with Crippen molar-refractivity contribution in [3.05, 3.63) is 42.2 Å². The number of rotatable bonds is 3. The molecule has 0 fully saturated rings. The van der Waals surface area contributed by atoms with E-state index in [1.165, 1.54) is 6.26 Å². The van der Waals surface area contributed by atoms with Gasteiger partial charge in [-0.05, 0) is 11.6 Å². The van der Waals surface area contributed by atoms with E-state index in [1.807, 2.05) is 30.3 Å². The maximum Gasteiger partial charge on any atom is 0.746 e. The second-order valence-electron chi connectivity index (χ2n) is 2.06. The summed E-state index contributed by atoms with van der Waals surface area (Å²) >= 11 is 0.